The Hall–Kier alpha value is -7.08. The minimum atomic E-state index is -0.646. The van der Waals surface area contributed by atoms with Crippen LogP contribution >= 0.6 is 11.3 Å². The highest BCUT2D eigenvalue weighted by molar-refractivity contribution is 7.26. The zero-order chi connectivity index (χ0) is 38.8. The molecule has 0 bridgehead atoms. The van der Waals surface area contributed by atoms with Crippen LogP contribution in [-0.2, 0) is 5.41 Å². The van der Waals surface area contributed by atoms with E-state index in [4.69, 9.17) is 4.99 Å². The van der Waals surface area contributed by atoms with Gasteiger partial charge in [0.1, 0.15) is 6.17 Å². The number of para-hydroxylation sites is 1. The lowest BCUT2D eigenvalue weighted by Crippen LogP contribution is -2.36. The lowest BCUT2D eigenvalue weighted by atomic mass is 9.67. The standard InChI is InChI=1S/C53H38N4S/c1-56(51(55-34-35-18-5-2-6-19-35)44-28-17-27-43-40-26-13-16-31-47(40)58-50(43)44)52(54)57-46-30-15-12-25-39(46)42-33-32-41-38-24-11-14-29-45(38)53(48(41)49(42)57,36-20-7-3-8-21-36)37-22-9-4-10-23-37/h2-34,51,54H,1H3. The molecule has 276 valence electrons. The highest BCUT2D eigenvalue weighted by Gasteiger charge is 2.48. The summed E-state index contributed by atoms with van der Waals surface area (Å²) in [6, 6.07) is 69.3. The van der Waals surface area contributed by atoms with Gasteiger partial charge in [-0.05, 0) is 45.5 Å². The van der Waals surface area contributed by atoms with Crippen molar-refractivity contribution in [3.63, 3.8) is 0 Å². The molecule has 10 aromatic rings. The van der Waals surface area contributed by atoms with Crippen molar-refractivity contribution in [3.8, 4) is 11.1 Å². The third-order valence-corrected chi connectivity index (χ3v) is 13.3. The quantitative estimate of drug-likeness (QED) is 0.133. The fourth-order valence-electron chi connectivity index (χ4n) is 9.53. The first-order chi connectivity index (χ1) is 28.6. The van der Waals surface area contributed by atoms with Gasteiger partial charge in [-0.25, -0.2) is 0 Å². The van der Waals surface area contributed by atoms with Crippen LogP contribution in [0.3, 0.4) is 0 Å². The SMILES string of the molecule is CN(C(=N)n1c2ccccc2c2ccc3c(c21)C(c1ccccc1)(c1ccccc1)c1ccccc1-3)C(N=Cc1ccccc1)c1cccc2c1sc1ccccc12. The summed E-state index contributed by atoms with van der Waals surface area (Å²) < 4.78 is 4.62. The molecule has 0 spiro atoms. The molecule has 4 nitrogen and oxygen atoms in total. The summed E-state index contributed by atoms with van der Waals surface area (Å²) in [6.45, 7) is 0. The van der Waals surface area contributed by atoms with Crippen LogP contribution in [0.1, 0.15) is 39.5 Å². The molecule has 2 heterocycles. The summed E-state index contributed by atoms with van der Waals surface area (Å²) in [7, 11) is 2.03. The molecule has 5 heteroatoms. The van der Waals surface area contributed by atoms with Crippen molar-refractivity contribution in [2.75, 3.05) is 7.05 Å². The van der Waals surface area contributed by atoms with E-state index in [0.29, 0.717) is 5.96 Å². The number of aromatic nitrogens is 1. The van der Waals surface area contributed by atoms with Gasteiger partial charge >= 0.3 is 0 Å². The maximum atomic E-state index is 10.5. The number of aliphatic imine (C=N–C) groups is 1. The van der Waals surface area contributed by atoms with Crippen LogP contribution in [0.15, 0.2) is 199 Å². The molecule has 0 fully saturated rings. The second kappa shape index (κ2) is 13.5. The second-order valence-corrected chi connectivity index (χ2v) is 16.1. The summed E-state index contributed by atoms with van der Waals surface area (Å²) in [4.78, 5) is 7.41. The average molecular weight is 763 g/mol. The molecule has 1 unspecified atom stereocenters. The molecule has 2 aromatic heterocycles. The van der Waals surface area contributed by atoms with Crippen molar-refractivity contribution in [2.24, 2.45) is 4.99 Å². The van der Waals surface area contributed by atoms with E-state index in [2.05, 4.69) is 185 Å². The van der Waals surface area contributed by atoms with Crippen molar-refractivity contribution in [1.29, 1.82) is 5.41 Å². The van der Waals surface area contributed by atoms with Crippen molar-refractivity contribution in [3.05, 3.63) is 228 Å². The van der Waals surface area contributed by atoms with Crippen molar-refractivity contribution in [1.82, 2.24) is 9.47 Å². The van der Waals surface area contributed by atoms with Gasteiger partial charge in [-0.2, -0.15) is 0 Å². The van der Waals surface area contributed by atoms with Crippen LogP contribution in [0.25, 0.3) is 53.1 Å². The lowest BCUT2D eigenvalue weighted by Gasteiger charge is -2.35. The molecule has 1 aliphatic rings. The molecule has 0 saturated heterocycles. The second-order valence-electron chi connectivity index (χ2n) is 15.1. The Labute approximate surface area is 341 Å². The minimum Gasteiger partial charge on any atom is -0.319 e. The topological polar surface area (TPSA) is 44.4 Å². The van der Waals surface area contributed by atoms with E-state index in [0.717, 1.165) is 32.9 Å². The number of thiophene rings is 1. The molecule has 1 aliphatic carbocycles. The fraction of sp³-hybridized carbons (Fsp3) is 0.0566. The summed E-state index contributed by atoms with van der Waals surface area (Å²) in [6.07, 6.45) is 1.46. The van der Waals surface area contributed by atoms with E-state index in [1.54, 1.807) is 11.3 Å². The van der Waals surface area contributed by atoms with Crippen LogP contribution in [-0.4, -0.2) is 28.7 Å². The minimum absolute atomic E-state index is 0.346. The van der Waals surface area contributed by atoms with Gasteiger partial charge in [0.15, 0.2) is 0 Å². The van der Waals surface area contributed by atoms with Crippen molar-refractivity contribution in [2.45, 2.75) is 11.6 Å². The highest BCUT2D eigenvalue weighted by Crippen LogP contribution is 2.58. The van der Waals surface area contributed by atoms with Gasteiger partial charge < -0.3 is 4.90 Å². The molecule has 58 heavy (non-hydrogen) atoms. The molecule has 0 radical (unpaired) electrons. The molecule has 0 saturated carbocycles. The summed E-state index contributed by atoms with van der Waals surface area (Å²) >= 11 is 1.80. The van der Waals surface area contributed by atoms with Gasteiger partial charge in [0, 0.05) is 55.3 Å². The smallest absolute Gasteiger partial charge is 0.204 e. The Balaban J connectivity index is 1.20. The van der Waals surface area contributed by atoms with Gasteiger partial charge in [-0.3, -0.25) is 15.0 Å². The maximum Gasteiger partial charge on any atom is 0.204 e. The molecule has 0 amide bonds. The zero-order valence-electron chi connectivity index (χ0n) is 31.9. The maximum absolute atomic E-state index is 10.5. The Morgan fingerprint density at radius 2 is 1.22 bits per heavy atom. The third kappa shape index (κ3) is 5.00. The van der Waals surface area contributed by atoms with E-state index in [1.165, 1.54) is 53.6 Å². The molecule has 8 aromatic carbocycles. The van der Waals surface area contributed by atoms with Gasteiger partial charge in [0.2, 0.25) is 5.96 Å². The predicted octanol–water partition coefficient (Wildman–Crippen LogP) is 13.1. The largest absolute Gasteiger partial charge is 0.319 e. The van der Waals surface area contributed by atoms with Crippen LogP contribution in [0.2, 0.25) is 0 Å². The first kappa shape index (κ1) is 34.2. The van der Waals surface area contributed by atoms with Crippen LogP contribution in [0.5, 0.6) is 0 Å². The van der Waals surface area contributed by atoms with Crippen molar-refractivity contribution >= 4 is 65.5 Å². The first-order valence-corrected chi connectivity index (χ1v) is 20.5. The Kier molecular flexibility index (Phi) is 7.98. The van der Waals surface area contributed by atoms with E-state index in [9.17, 15) is 5.41 Å². The van der Waals surface area contributed by atoms with Gasteiger partial charge in [-0.15, -0.1) is 11.3 Å². The molecular weight excluding hydrogens is 725 g/mol. The number of hydrogen-bond donors (Lipinski definition) is 1. The van der Waals surface area contributed by atoms with Crippen LogP contribution in [0.4, 0.5) is 0 Å². The lowest BCUT2D eigenvalue weighted by molar-refractivity contribution is 0.379. The number of fused-ring (bicyclic) bond motifs is 10. The number of nitrogens with one attached hydrogen (secondary N) is 1. The number of benzene rings is 8. The molecule has 11 rings (SSSR count). The summed E-state index contributed by atoms with van der Waals surface area (Å²) in [5.74, 6) is 0.346. The summed E-state index contributed by atoms with van der Waals surface area (Å²) in [5.41, 5.74) is 10.7. The Morgan fingerprint density at radius 3 is 1.98 bits per heavy atom. The predicted molar refractivity (Wildman–Crippen MR) is 244 cm³/mol. The normalized spacial score (nSPS) is 13.7. The van der Waals surface area contributed by atoms with Gasteiger partial charge in [0.25, 0.3) is 0 Å². The van der Waals surface area contributed by atoms with E-state index in [-0.39, 0.29) is 0 Å². The van der Waals surface area contributed by atoms with E-state index < -0.39 is 11.6 Å². The first-order valence-electron chi connectivity index (χ1n) is 19.7. The number of rotatable bonds is 6. The monoisotopic (exact) mass is 762 g/mol. The molecule has 1 atom stereocenters. The van der Waals surface area contributed by atoms with Gasteiger partial charge in [0.05, 0.1) is 16.4 Å². The molecule has 0 aliphatic heterocycles. The third-order valence-electron chi connectivity index (χ3n) is 12.0. The van der Waals surface area contributed by atoms with Crippen LogP contribution in [0, 0.1) is 5.41 Å². The van der Waals surface area contributed by atoms with E-state index >= 15 is 0 Å². The number of nitrogens with zero attached hydrogens (tertiary/aromatic N) is 3. The fourth-order valence-corrected chi connectivity index (χ4v) is 10.8. The highest BCUT2D eigenvalue weighted by atomic mass is 32.1. The molecular formula is C53H38N4S. The number of hydrogen-bond acceptors (Lipinski definition) is 3. The van der Waals surface area contributed by atoms with Crippen molar-refractivity contribution < 1.29 is 0 Å². The Morgan fingerprint density at radius 1 is 0.603 bits per heavy atom. The van der Waals surface area contributed by atoms with Crippen LogP contribution < -0.4 is 0 Å². The zero-order valence-corrected chi connectivity index (χ0v) is 32.7. The summed E-state index contributed by atoms with van der Waals surface area (Å²) in [5, 5.41) is 15.2. The average Bonchev–Trinajstić information content (AvgIpc) is 3.94. The van der Waals surface area contributed by atoms with Gasteiger partial charge in [-0.1, -0.05) is 182 Å². The van der Waals surface area contributed by atoms with E-state index in [1.807, 2.05) is 31.5 Å². The molecule has 1 N–H and O–H groups in total. The Bertz CT molecular complexity index is 3180.